The van der Waals surface area contributed by atoms with Gasteiger partial charge in [0.05, 0.1) is 13.0 Å². The third kappa shape index (κ3) is 4.36. The fourth-order valence-corrected chi connectivity index (χ4v) is 1.36. The first-order chi connectivity index (χ1) is 8.52. The lowest BCUT2D eigenvalue weighted by Gasteiger charge is -2.11. The lowest BCUT2D eigenvalue weighted by atomic mass is 10.0. The second-order valence-electron chi connectivity index (χ2n) is 3.76. The van der Waals surface area contributed by atoms with Crippen LogP contribution in [-0.2, 0) is 11.8 Å². The molecule has 0 fully saturated rings. The molecule has 0 spiro atoms. The number of aliphatic carboxylic acids is 1. The van der Waals surface area contributed by atoms with Crippen molar-refractivity contribution in [2.24, 2.45) is 13.0 Å². The van der Waals surface area contributed by atoms with Crippen LogP contribution in [0.4, 0.5) is 10.7 Å². The highest BCUT2D eigenvalue weighted by Gasteiger charge is 2.17. The van der Waals surface area contributed by atoms with Crippen LogP contribution in [0.3, 0.4) is 0 Å². The molecule has 2 amide bonds. The van der Waals surface area contributed by atoms with E-state index in [-0.39, 0.29) is 12.5 Å². The number of carbonyl (C=O) groups is 2. The fourth-order valence-electron chi connectivity index (χ4n) is 1.36. The molecule has 1 unspecified atom stereocenters. The molecule has 1 heterocycles. The molecule has 9 heteroatoms. The van der Waals surface area contributed by atoms with Crippen molar-refractivity contribution in [3.05, 3.63) is 0 Å². The molecular weight excluding hydrogens is 240 g/mol. The summed E-state index contributed by atoms with van der Waals surface area (Å²) >= 11 is 0. The molecular formula is C9H16N6O3. The highest BCUT2D eigenvalue weighted by atomic mass is 16.4. The molecule has 0 aliphatic carbocycles. The number of rotatable bonds is 6. The van der Waals surface area contributed by atoms with E-state index < -0.39 is 17.9 Å². The van der Waals surface area contributed by atoms with E-state index >= 15 is 0 Å². The predicted octanol–water partition coefficient (Wildman–Crippen LogP) is -0.167. The Kier molecular flexibility index (Phi) is 5.03. The van der Waals surface area contributed by atoms with Gasteiger partial charge in [0, 0.05) is 6.54 Å². The average molecular weight is 256 g/mol. The largest absolute Gasteiger partial charge is 0.481 e. The molecule has 1 rings (SSSR count). The highest BCUT2D eigenvalue weighted by molar-refractivity contribution is 5.87. The molecule has 3 N–H and O–H groups in total. The lowest BCUT2D eigenvalue weighted by molar-refractivity contribution is -0.141. The smallest absolute Gasteiger partial charge is 0.321 e. The van der Waals surface area contributed by atoms with Crippen molar-refractivity contribution in [2.45, 2.75) is 19.8 Å². The Morgan fingerprint density at radius 2 is 2.22 bits per heavy atom. The van der Waals surface area contributed by atoms with Gasteiger partial charge in [0.15, 0.2) is 0 Å². The molecule has 1 atom stereocenters. The van der Waals surface area contributed by atoms with Gasteiger partial charge in [0.1, 0.15) is 0 Å². The number of anilines is 1. The summed E-state index contributed by atoms with van der Waals surface area (Å²) in [6.45, 7) is 1.95. The van der Waals surface area contributed by atoms with Crippen LogP contribution in [0.1, 0.15) is 19.8 Å². The van der Waals surface area contributed by atoms with Gasteiger partial charge in [-0.25, -0.2) is 4.79 Å². The maximum atomic E-state index is 11.4. The summed E-state index contributed by atoms with van der Waals surface area (Å²) in [5, 5.41) is 24.6. The van der Waals surface area contributed by atoms with Gasteiger partial charge in [-0.15, -0.1) is 5.10 Å². The third-order valence-electron chi connectivity index (χ3n) is 2.23. The summed E-state index contributed by atoms with van der Waals surface area (Å²) in [4.78, 5) is 23.5. The summed E-state index contributed by atoms with van der Waals surface area (Å²) in [7, 11) is 1.57. The highest BCUT2D eigenvalue weighted by Crippen LogP contribution is 2.05. The van der Waals surface area contributed by atoms with Crippen molar-refractivity contribution in [1.82, 2.24) is 25.5 Å². The van der Waals surface area contributed by atoms with Gasteiger partial charge in [0.25, 0.3) is 5.95 Å². The van der Waals surface area contributed by atoms with E-state index in [0.717, 1.165) is 6.42 Å². The van der Waals surface area contributed by atoms with Gasteiger partial charge in [0.2, 0.25) is 0 Å². The molecule has 0 saturated heterocycles. The zero-order valence-electron chi connectivity index (χ0n) is 10.3. The van der Waals surface area contributed by atoms with Gasteiger partial charge in [-0.05, 0) is 11.6 Å². The maximum absolute atomic E-state index is 11.4. The Balaban J connectivity index is 2.38. The van der Waals surface area contributed by atoms with E-state index in [9.17, 15) is 9.59 Å². The number of nitrogens with zero attached hydrogens (tertiary/aromatic N) is 4. The molecule has 100 valence electrons. The summed E-state index contributed by atoms with van der Waals surface area (Å²) in [5.74, 6) is -1.44. The number of amides is 2. The van der Waals surface area contributed by atoms with Crippen molar-refractivity contribution < 1.29 is 14.7 Å². The number of urea groups is 1. The molecule has 0 aromatic carbocycles. The van der Waals surface area contributed by atoms with Crippen LogP contribution in [0.2, 0.25) is 0 Å². The van der Waals surface area contributed by atoms with Gasteiger partial charge < -0.3 is 10.4 Å². The van der Waals surface area contributed by atoms with Crippen LogP contribution >= 0.6 is 0 Å². The van der Waals surface area contributed by atoms with Crippen LogP contribution in [0.15, 0.2) is 0 Å². The number of aromatic nitrogens is 4. The first kappa shape index (κ1) is 13.9. The second-order valence-corrected chi connectivity index (χ2v) is 3.76. The molecule has 0 saturated carbocycles. The fraction of sp³-hybridized carbons (Fsp3) is 0.667. The molecule has 0 aliphatic rings. The monoisotopic (exact) mass is 256 g/mol. The van der Waals surface area contributed by atoms with E-state index in [2.05, 4.69) is 26.0 Å². The molecule has 0 radical (unpaired) electrons. The minimum absolute atomic E-state index is 0.0648. The van der Waals surface area contributed by atoms with Gasteiger partial charge >= 0.3 is 12.0 Å². The Bertz CT molecular complexity index is 418. The van der Waals surface area contributed by atoms with Gasteiger partial charge in [-0.1, -0.05) is 18.4 Å². The number of hydrogen-bond donors (Lipinski definition) is 3. The SMILES string of the molecule is CCCC(CNC(=O)Nc1nnn(C)n1)C(=O)O. The number of nitrogens with one attached hydrogen (secondary N) is 2. The first-order valence-corrected chi connectivity index (χ1v) is 5.54. The van der Waals surface area contributed by atoms with Gasteiger partial charge in [-0.3, -0.25) is 10.1 Å². The number of tetrazole rings is 1. The van der Waals surface area contributed by atoms with Crippen LogP contribution in [0.5, 0.6) is 0 Å². The second kappa shape index (κ2) is 6.52. The van der Waals surface area contributed by atoms with E-state index in [1.54, 1.807) is 7.05 Å². The Labute approximate surface area is 104 Å². The van der Waals surface area contributed by atoms with E-state index in [0.29, 0.717) is 6.42 Å². The molecule has 9 nitrogen and oxygen atoms in total. The zero-order valence-corrected chi connectivity index (χ0v) is 10.3. The average Bonchev–Trinajstić information content (AvgIpc) is 2.69. The first-order valence-electron chi connectivity index (χ1n) is 5.54. The Morgan fingerprint density at radius 3 is 2.72 bits per heavy atom. The van der Waals surface area contributed by atoms with Crippen molar-refractivity contribution in [2.75, 3.05) is 11.9 Å². The number of carboxylic acids is 1. The molecule has 1 aromatic rings. The quantitative estimate of drug-likeness (QED) is 0.649. The van der Waals surface area contributed by atoms with Crippen molar-refractivity contribution in [1.29, 1.82) is 0 Å². The van der Waals surface area contributed by atoms with E-state index in [4.69, 9.17) is 5.11 Å². The molecule has 0 bridgehead atoms. The van der Waals surface area contributed by atoms with E-state index in [1.165, 1.54) is 4.80 Å². The van der Waals surface area contributed by atoms with Crippen molar-refractivity contribution >= 4 is 17.9 Å². The standard InChI is InChI=1S/C9H16N6O3/c1-3-4-6(7(16)17)5-10-9(18)11-8-12-14-15(2)13-8/h6H,3-5H2,1-2H3,(H,16,17)(H2,10,11,13,18). The molecule has 0 aliphatic heterocycles. The molecule has 18 heavy (non-hydrogen) atoms. The van der Waals surface area contributed by atoms with Crippen molar-refractivity contribution in [3.63, 3.8) is 0 Å². The molecule has 1 aromatic heterocycles. The summed E-state index contributed by atoms with van der Waals surface area (Å²) < 4.78 is 0. The summed E-state index contributed by atoms with van der Waals surface area (Å²) in [6.07, 6.45) is 1.25. The van der Waals surface area contributed by atoms with Crippen LogP contribution in [0, 0.1) is 5.92 Å². The maximum Gasteiger partial charge on any atom is 0.321 e. The number of carboxylic acid groups (broad SMARTS) is 1. The lowest BCUT2D eigenvalue weighted by Crippen LogP contribution is -2.36. The topological polar surface area (TPSA) is 122 Å². The van der Waals surface area contributed by atoms with Crippen LogP contribution in [-0.4, -0.2) is 43.9 Å². The predicted molar refractivity (Wildman–Crippen MR) is 61.9 cm³/mol. The Morgan fingerprint density at radius 1 is 1.50 bits per heavy atom. The Hall–Kier alpha value is -2.19. The summed E-state index contributed by atoms with van der Waals surface area (Å²) in [5.41, 5.74) is 0. The van der Waals surface area contributed by atoms with Crippen LogP contribution < -0.4 is 10.6 Å². The minimum Gasteiger partial charge on any atom is -0.481 e. The number of hydrogen-bond acceptors (Lipinski definition) is 5. The van der Waals surface area contributed by atoms with Crippen molar-refractivity contribution in [3.8, 4) is 0 Å². The number of aryl methyl sites for hydroxylation is 1. The van der Waals surface area contributed by atoms with Gasteiger partial charge in [-0.2, -0.15) is 4.80 Å². The summed E-state index contributed by atoms with van der Waals surface area (Å²) in [6, 6.07) is -0.551. The normalized spacial score (nSPS) is 11.9. The minimum atomic E-state index is -0.922. The van der Waals surface area contributed by atoms with Crippen LogP contribution in [0.25, 0.3) is 0 Å². The number of carbonyl (C=O) groups excluding carboxylic acids is 1. The van der Waals surface area contributed by atoms with E-state index in [1.807, 2.05) is 6.92 Å². The zero-order chi connectivity index (χ0) is 13.5. The third-order valence-corrected chi connectivity index (χ3v) is 2.23.